The summed E-state index contributed by atoms with van der Waals surface area (Å²) in [6, 6.07) is 6.89. The summed E-state index contributed by atoms with van der Waals surface area (Å²) in [4.78, 5) is 18.0. The maximum Gasteiger partial charge on any atom is 0.265 e. The number of rotatable bonds is 8. The summed E-state index contributed by atoms with van der Waals surface area (Å²) in [7, 11) is 1.62. The highest BCUT2D eigenvalue weighted by molar-refractivity contribution is 7.99. The number of aliphatic hydroxyl groups is 3. The van der Waals surface area contributed by atoms with Gasteiger partial charge in [0.25, 0.3) is 5.91 Å². The first kappa shape index (κ1) is 29.3. The number of fused-ring (bicyclic) bond motifs is 1. The molecule has 3 heterocycles. The van der Waals surface area contributed by atoms with Crippen molar-refractivity contribution in [3.05, 3.63) is 35.9 Å². The van der Waals surface area contributed by atoms with Crippen LogP contribution in [-0.4, -0.2) is 107 Å². The Morgan fingerprint density at radius 3 is 2.61 bits per heavy atom. The second-order valence-electron chi connectivity index (χ2n) is 9.83. The number of carbonyl (C=O) groups is 1. The highest BCUT2D eigenvalue weighted by atomic mass is 35.5. The van der Waals surface area contributed by atoms with Gasteiger partial charge in [-0.1, -0.05) is 18.2 Å². The first-order valence-corrected chi connectivity index (χ1v) is 14.2. The average Bonchev–Trinajstić information content (AvgIpc) is 3.13. The minimum atomic E-state index is -1.49. The summed E-state index contributed by atoms with van der Waals surface area (Å²) in [5.41, 5.74) is -0.147. The zero-order valence-electron chi connectivity index (χ0n) is 21.6. The van der Waals surface area contributed by atoms with E-state index in [1.165, 1.54) is 11.8 Å². The topological polar surface area (TPSA) is 142 Å². The molecular weight excluding hydrogens is 534 g/mol. The fourth-order valence-electron chi connectivity index (χ4n) is 5.44. The number of nitrogens with one attached hydrogen (secondary N) is 2. The van der Waals surface area contributed by atoms with E-state index in [9.17, 15) is 20.1 Å². The summed E-state index contributed by atoms with van der Waals surface area (Å²) < 4.78 is 17.3. The van der Waals surface area contributed by atoms with E-state index in [4.69, 9.17) is 25.8 Å². The van der Waals surface area contributed by atoms with Gasteiger partial charge in [-0.3, -0.25) is 15.1 Å². The molecule has 0 aliphatic carbocycles. The minimum Gasteiger partial charge on any atom is -0.497 e. The van der Waals surface area contributed by atoms with E-state index in [1.807, 2.05) is 30.3 Å². The number of hydrogen-bond donors (Lipinski definition) is 5. The molecule has 0 aromatic heterocycles. The molecule has 2 saturated heterocycles. The molecule has 1 aromatic carbocycles. The minimum absolute atomic E-state index is 0.0664. The van der Waals surface area contributed by atoms with Crippen LogP contribution in [0.2, 0.25) is 0 Å². The molecule has 3 unspecified atom stereocenters. The monoisotopic (exact) mass is 569 g/mol. The third kappa shape index (κ3) is 5.48. The summed E-state index contributed by atoms with van der Waals surface area (Å²) in [6.45, 7) is 6.11. The molecule has 38 heavy (non-hydrogen) atoms. The van der Waals surface area contributed by atoms with Gasteiger partial charge in [0, 0.05) is 12.5 Å². The van der Waals surface area contributed by atoms with Gasteiger partial charge in [0.2, 0.25) is 5.66 Å². The van der Waals surface area contributed by atoms with Crippen LogP contribution in [0.4, 0.5) is 0 Å². The molecule has 10 nitrogen and oxygen atoms in total. The molecule has 3 aliphatic rings. The Kier molecular flexibility index (Phi) is 9.42. The van der Waals surface area contributed by atoms with Crippen LogP contribution in [0, 0.1) is 5.92 Å². The predicted octanol–water partition coefficient (Wildman–Crippen LogP) is 0.767. The molecule has 0 bridgehead atoms. The number of thioether (sulfide) groups is 1. The number of aliphatic imine (C=N–C) groups is 1. The van der Waals surface area contributed by atoms with E-state index >= 15 is 0 Å². The highest BCUT2D eigenvalue weighted by Crippen LogP contribution is 2.38. The van der Waals surface area contributed by atoms with E-state index in [2.05, 4.69) is 22.3 Å². The van der Waals surface area contributed by atoms with Crippen molar-refractivity contribution in [1.82, 2.24) is 10.6 Å². The Hall–Kier alpha value is -1.70. The van der Waals surface area contributed by atoms with Crippen LogP contribution in [0.3, 0.4) is 0 Å². The van der Waals surface area contributed by atoms with Gasteiger partial charge >= 0.3 is 0 Å². The molecule has 4 rings (SSSR count). The molecule has 1 aromatic rings. The fourth-order valence-corrected chi connectivity index (χ4v) is 6.33. The van der Waals surface area contributed by atoms with Crippen LogP contribution in [0.15, 0.2) is 35.3 Å². The van der Waals surface area contributed by atoms with Gasteiger partial charge in [-0.2, -0.15) is 0 Å². The number of ether oxygens (including phenoxy) is 3. The van der Waals surface area contributed by atoms with E-state index < -0.39 is 58.9 Å². The number of alkyl halides is 1. The van der Waals surface area contributed by atoms with Gasteiger partial charge in [0.15, 0.2) is 0 Å². The normalized spacial score (nSPS) is 36.8. The quantitative estimate of drug-likeness (QED) is 0.227. The lowest BCUT2D eigenvalue weighted by Gasteiger charge is -2.44. The lowest BCUT2D eigenvalue weighted by molar-refractivity contribution is -0.205. The number of halogens is 1. The number of carbonyl (C=O) groups excluding carboxylic acids is 1. The lowest BCUT2D eigenvalue weighted by atomic mass is 9.88. The number of aliphatic hydroxyl groups excluding tert-OH is 3. The third-order valence-electron chi connectivity index (χ3n) is 7.60. The van der Waals surface area contributed by atoms with Gasteiger partial charge in [0.1, 0.15) is 41.7 Å². The molecule has 12 heteroatoms. The first-order chi connectivity index (χ1) is 18.2. The first-order valence-electron chi connectivity index (χ1n) is 12.5. The van der Waals surface area contributed by atoms with Gasteiger partial charge < -0.3 is 34.8 Å². The summed E-state index contributed by atoms with van der Waals surface area (Å²) in [5, 5.41) is 36.7. The molecule has 1 amide bonds. The smallest absolute Gasteiger partial charge is 0.265 e. The van der Waals surface area contributed by atoms with Crippen molar-refractivity contribution < 1.29 is 34.3 Å². The van der Waals surface area contributed by atoms with Crippen molar-refractivity contribution in [2.24, 2.45) is 10.9 Å². The lowest BCUT2D eigenvalue weighted by Crippen LogP contribution is -2.67. The van der Waals surface area contributed by atoms with Gasteiger partial charge in [-0.05, 0) is 49.6 Å². The fraction of sp³-hybridized carbons (Fsp3) is 0.615. The standard InChI is InChI=1S/C26H36ClN3O7S/c1-13(27)18(22-20(32)19(31)21(33)24(37-22)38-4)30-25(34)26(28-2)23-16(12-29-26)11-15(9-10-36-23)14-5-7-17(35-3)8-6-14/h5-9,13,16,18-24,29,31-33H,2,10-12H2,1,3-4H3,(H,30,34)/t13-,16-,18+,19?,20?,21+,22+,23+,24?,26-/m0/s1. The van der Waals surface area contributed by atoms with E-state index in [-0.39, 0.29) is 12.5 Å². The van der Waals surface area contributed by atoms with Gasteiger partial charge in [0.05, 0.1) is 25.1 Å². The average molecular weight is 570 g/mol. The van der Waals surface area contributed by atoms with Crippen molar-refractivity contribution in [2.75, 3.05) is 26.5 Å². The molecule has 5 N–H and O–H groups in total. The summed E-state index contributed by atoms with van der Waals surface area (Å²) in [6.07, 6.45) is -1.52. The van der Waals surface area contributed by atoms with Crippen LogP contribution in [0.1, 0.15) is 18.9 Å². The largest absolute Gasteiger partial charge is 0.497 e. The van der Waals surface area contributed by atoms with Gasteiger partial charge in [-0.25, -0.2) is 0 Å². The van der Waals surface area contributed by atoms with Crippen LogP contribution >= 0.6 is 23.4 Å². The van der Waals surface area contributed by atoms with Crippen molar-refractivity contribution >= 4 is 41.6 Å². The third-order valence-corrected chi connectivity index (χ3v) is 8.73. The number of amides is 1. The van der Waals surface area contributed by atoms with Crippen molar-refractivity contribution in [1.29, 1.82) is 0 Å². The molecule has 210 valence electrons. The Bertz CT molecular complexity index is 1030. The maximum absolute atomic E-state index is 13.8. The molecule has 0 saturated carbocycles. The molecule has 0 radical (unpaired) electrons. The van der Waals surface area contributed by atoms with Crippen LogP contribution in [0.5, 0.6) is 5.75 Å². The van der Waals surface area contributed by atoms with Crippen LogP contribution in [0.25, 0.3) is 5.57 Å². The Balaban J connectivity index is 1.52. The Labute approximate surface area is 231 Å². The molecule has 0 spiro atoms. The summed E-state index contributed by atoms with van der Waals surface area (Å²) >= 11 is 7.64. The molecule has 10 atom stereocenters. The van der Waals surface area contributed by atoms with Crippen LogP contribution < -0.4 is 15.4 Å². The van der Waals surface area contributed by atoms with Crippen molar-refractivity contribution in [2.45, 2.75) is 66.4 Å². The number of methoxy groups -OCH3 is 1. The second-order valence-corrected chi connectivity index (χ2v) is 11.5. The van der Waals surface area contributed by atoms with Gasteiger partial charge in [-0.15, -0.1) is 23.4 Å². The van der Waals surface area contributed by atoms with E-state index in [0.717, 1.165) is 16.9 Å². The van der Waals surface area contributed by atoms with E-state index in [1.54, 1.807) is 20.3 Å². The number of allylic oxidation sites excluding steroid dienone is 1. The Morgan fingerprint density at radius 2 is 2.00 bits per heavy atom. The Morgan fingerprint density at radius 1 is 1.29 bits per heavy atom. The van der Waals surface area contributed by atoms with Crippen molar-refractivity contribution in [3.63, 3.8) is 0 Å². The number of hydrogen-bond acceptors (Lipinski definition) is 10. The van der Waals surface area contributed by atoms with E-state index in [0.29, 0.717) is 13.0 Å². The second kappa shape index (κ2) is 12.2. The molecule has 3 aliphatic heterocycles. The zero-order chi connectivity index (χ0) is 27.6. The maximum atomic E-state index is 13.8. The van der Waals surface area contributed by atoms with Crippen LogP contribution in [-0.2, 0) is 14.3 Å². The number of benzene rings is 1. The molecule has 2 fully saturated rings. The SMILES string of the molecule is C=N[C@]1(C(=O)N[C@H]([C@H](C)Cl)[C@H]2OC(SC)[C@H](O)C(O)C2O)NC[C@@H]2CC(c3ccc(OC)cc3)=CCO[C@H]21. The zero-order valence-corrected chi connectivity index (χ0v) is 23.2. The van der Waals surface area contributed by atoms with Crippen molar-refractivity contribution in [3.8, 4) is 5.75 Å². The summed E-state index contributed by atoms with van der Waals surface area (Å²) in [5.74, 6) is 0.179. The predicted molar refractivity (Wildman–Crippen MR) is 147 cm³/mol. The molecular formula is C26H36ClN3O7S. The number of nitrogens with zero attached hydrogens (tertiary/aromatic N) is 1. The highest BCUT2D eigenvalue weighted by Gasteiger charge is 2.56.